The first-order valence-electron chi connectivity index (χ1n) is 52.2. The molecule has 6 aliphatic rings. The Labute approximate surface area is 837 Å². The average Bonchev–Trinajstić information content (AvgIpc) is 1.33. The van der Waals surface area contributed by atoms with Crippen LogP contribution in [0.15, 0.2) is 425 Å². The minimum absolute atomic E-state index is 0.0640. The highest BCUT2D eigenvalue weighted by Crippen LogP contribution is 2.66. The number of hydrogen-bond donors (Lipinski definition) is 0. The maximum Gasteiger partial charge on any atom is 0.252 e. The van der Waals surface area contributed by atoms with Crippen LogP contribution >= 0.6 is 0 Å². The van der Waals surface area contributed by atoms with Crippen molar-refractivity contribution in [3.8, 4) is 117 Å². The zero-order valence-corrected chi connectivity index (χ0v) is 82.2. The van der Waals surface area contributed by atoms with Gasteiger partial charge in [-0.3, -0.25) is 0 Å². The quantitative estimate of drug-likeness (QED) is 0.0467. The van der Waals surface area contributed by atoms with Crippen molar-refractivity contribution in [3.63, 3.8) is 0 Å². The molecule has 1 aromatic heterocycles. The molecule has 20 aromatic rings. The van der Waals surface area contributed by atoms with Crippen molar-refractivity contribution in [2.24, 2.45) is 0 Å². The summed E-state index contributed by atoms with van der Waals surface area (Å²) in [4.78, 5) is 5.67. The van der Waals surface area contributed by atoms with Crippen LogP contribution in [0, 0.1) is 0 Å². The molecule has 0 atom stereocenters. The van der Waals surface area contributed by atoms with Gasteiger partial charge in [0.15, 0.2) is 0 Å². The summed E-state index contributed by atoms with van der Waals surface area (Å²) in [7, 11) is 0. The van der Waals surface area contributed by atoms with Gasteiger partial charge in [0.25, 0.3) is 6.71 Å². The molecule has 0 N–H and O–H groups in total. The van der Waals surface area contributed by atoms with E-state index in [1.807, 2.05) is 0 Å². The lowest BCUT2D eigenvalue weighted by Gasteiger charge is -2.45. The number of benzene rings is 19. The van der Waals surface area contributed by atoms with Gasteiger partial charge >= 0.3 is 0 Å². The number of rotatable bonds is 23. The van der Waals surface area contributed by atoms with Crippen LogP contribution in [-0.2, 0) is 34.5 Å². The fourth-order valence-electron chi connectivity index (χ4n) is 26.3. The van der Waals surface area contributed by atoms with Crippen molar-refractivity contribution in [1.82, 2.24) is 4.57 Å². The number of hydrogen-bond acceptors (Lipinski definition) is 2. The highest BCUT2D eigenvalue weighted by atomic mass is 15.2. The number of unbranched alkanes of at least 4 members (excludes halogenated alkanes) is 8. The number of anilines is 4. The fourth-order valence-corrected chi connectivity index (χ4v) is 26.3. The Morgan fingerprint density at radius 2 is 0.507 bits per heavy atom. The van der Waals surface area contributed by atoms with Crippen molar-refractivity contribution in [2.45, 2.75) is 140 Å². The molecule has 0 saturated heterocycles. The standard InChI is InChI=1S/C138H116BN3/c1-135(2,3)99-73-77-128-116(83-99)117-84-100(136(4,5)6)74-78-129(117)142(128)101-85-132-134-133(86-101)141(80-44-12-8-10-18-46-92-56-28-30-58-103(92)98-72-76-111-109-64-36-42-70-123(109)138(125(111)82-98)120-67-39-33-61-106(120)107-62-34-40-68-121(107)138)131-90-115(96-53-25-16-26-54-96)113(94-49-21-14-22-50-94)88-127(131)139(134)126-87-112(93-47-19-13-20-48-93)114(95-51-23-15-24-52-95)89-130(126)140(132)79-43-11-7-9-17-45-91-55-27-29-57-102(91)97-71-75-110-108-63-35-41-69-122(108)137(124(110)81-97)118-65-37-31-59-104(118)105-60-32-38-66-119(105)137/h13-16,19-42,47-78,81-90H,7-12,17-18,43-46,79-80H2,1-6H3. The topological polar surface area (TPSA) is 11.4 Å². The lowest BCUT2D eigenvalue weighted by Crippen LogP contribution is -2.62. The van der Waals surface area contributed by atoms with Gasteiger partial charge < -0.3 is 14.4 Å². The van der Waals surface area contributed by atoms with Crippen LogP contribution in [-0.4, -0.2) is 24.4 Å². The Morgan fingerprint density at radius 3 is 0.845 bits per heavy atom. The Hall–Kier alpha value is -15.4. The van der Waals surface area contributed by atoms with E-state index in [0.29, 0.717) is 0 Å². The molecule has 0 bridgehead atoms. The van der Waals surface area contributed by atoms with Gasteiger partial charge in [-0.15, -0.1) is 0 Å². The monoisotopic (exact) mass is 1830 g/mol. The molecule has 2 aliphatic heterocycles. The first kappa shape index (κ1) is 86.9. The predicted octanol–water partition coefficient (Wildman–Crippen LogP) is 33.9. The van der Waals surface area contributed by atoms with E-state index in [2.05, 4.69) is 481 Å². The number of fused-ring (bicyclic) bond motifs is 27. The predicted molar refractivity (Wildman–Crippen MR) is 601 cm³/mol. The lowest BCUT2D eigenvalue weighted by atomic mass is 9.33. The molecule has 4 heteroatoms. The molecule has 0 fully saturated rings. The van der Waals surface area contributed by atoms with Crippen LogP contribution in [0.5, 0.6) is 0 Å². The van der Waals surface area contributed by atoms with Crippen molar-refractivity contribution >= 4 is 67.7 Å². The first-order valence-corrected chi connectivity index (χ1v) is 52.2. The maximum atomic E-state index is 2.84. The van der Waals surface area contributed by atoms with Crippen LogP contribution in [0.4, 0.5) is 22.7 Å². The van der Waals surface area contributed by atoms with Gasteiger partial charge in [-0.1, -0.05) is 444 Å². The summed E-state index contributed by atoms with van der Waals surface area (Å²) in [5.74, 6) is 0. The molecule has 686 valence electrons. The third-order valence-corrected chi connectivity index (χ3v) is 32.9. The molecular formula is C138H116BN3. The summed E-state index contributed by atoms with van der Waals surface area (Å²) in [6.45, 7) is 15.8. The molecule has 4 aliphatic carbocycles. The molecular weight excluding hydrogens is 1710 g/mol. The Bertz CT molecular complexity index is 7780. The minimum atomic E-state index is -0.395. The lowest BCUT2D eigenvalue weighted by molar-refractivity contribution is 0.590. The van der Waals surface area contributed by atoms with Crippen molar-refractivity contribution in [1.29, 1.82) is 0 Å². The second kappa shape index (κ2) is 34.9. The summed E-state index contributed by atoms with van der Waals surface area (Å²) in [6.07, 6.45) is 13.0. The zero-order chi connectivity index (χ0) is 95.1. The highest BCUT2D eigenvalue weighted by Gasteiger charge is 2.54. The van der Waals surface area contributed by atoms with E-state index in [-0.39, 0.29) is 17.5 Å². The molecule has 2 spiro atoms. The van der Waals surface area contributed by atoms with Crippen LogP contribution < -0.4 is 26.2 Å². The molecule has 0 amide bonds. The Morgan fingerprint density at radius 1 is 0.218 bits per heavy atom. The van der Waals surface area contributed by atoms with Gasteiger partial charge in [-0.05, 0) is 304 Å². The van der Waals surface area contributed by atoms with E-state index in [1.165, 1.54) is 245 Å². The summed E-state index contributed by atoms with van der Waals surface area (Å²) in [5.41, 5.74) is 54.4. The van der Waals surface area contributed by atoms with E-state index in [4.69, 9.17) is 0 Å². The zero-order valence-electron chi connectivity index (χ0n) is 82.2. The van der Waals surface area contributed by atoms with Gasteiger partial charge in [-0.25, -0.2) is 0 Å². The largest absolute Gasteiger partial charge is 0.342 e. The summed E-state index contributed by atoms with van der Waals surface area (Å²) < 4.78 is 2.66. The van der Waals surface area contributed by atoms with E-state index in [0.717, 1.165) is 90.1 Å². The van der Waals surface area contributed by atoms with Crippen LogP contribution in [0.25, 0.3) is 139 Å². The third kappa shape index (κ3) is 14.0. The van der Waals surface area contributed by atoms with E-state index in [1.54, 1.807) is 0 Å². The van der Waals surface area contributed by atoms with Crippen LogP contribution in [0.1, 0.15) is 173 Å². The smallest absolute Gasteiger partial charge is 0.252 e. The SMILES string of the molecule is CC(C)(C)c1ccc2c(c1)c1cc(C(C)(C)C)ccc1n2-c1cc2c3c(c1)N(CCCCCCCc1ccccc1-c1ccc4c(c1)C1(c5ccccc5-c5ccccc51)c1ccccc1-4)c1cc(-c4ccccc4)c(-c4ccccc4)cc1B3c1cc(-c3ccccc3)c(-c3ccccc3)cc1N2CCCCCCCc1ccccc1-c1ccc2c(c1)C1(c3ccccc3-c3ccccc31)c1ccccc1-2. The second-order valence-electron chi connectivity index (χ2n) is 43.0. The minimum Gasteiger partial charge on any atom is -0.342 e. The van der Waals surface area contributed by atoms with E-state index >= 15 is 0 Å². The van der Waals surface area contributed by atoms with Gasteiger partial charge in [-0.2, -0.15) is 0 Å². The summed E-state index contributed by atoms with van der Waals surface area (Å²) in [5, 5.41) is 2.59. The molecule has 3 heterocycles. The Kier molecular flexibility index (Phi) is 21.3. The fraction of sp³-hybridized carbons (Fsp3) is 0.174. The number of nitrogens with zero attached hydrogens (tertiary/aromatic N) is 3. The van der Waals surface area contributed by atoms with Gasteiger partial charge in [0, 0.05) is 46.6 Å². The number of aromatic nitrogens is 1. The first-order chi connectivity index (χ1) is 69.7. The molecule has 0 radical (unpaired) electrons. The molecule has 0 saturated carbocycles. The molecule has 19 aromatic carbocycles. The second-order valence-corrected chi connectivity index (χ2v) is 43.0. The van der Waals surface area contributed by atoms with Crippen molar-refractivity contribution < 1.29 is 0 Å². The number of aryl methyl sites for hydroxylation is 2. The summed E-state index contributed by atoms with van der Waals surface area (Å²) >= 11 is 0. The average molecular weight is 1830 g/mol. The van der Waals surface area contributed by atoms with Gasteiger partial charge in [0.1, 0.15) is 0 Å². The molecule has 26 rings (SSSR count). The van der Waals surface area contributed by atoms with Crippen molar-refractivity contribution in [3.05, 3.63) is 491 Å². The van der Waals surface area contributed by atoms with Crippen LogP contribution in [0.2, 0.25) is 0 Å². The summed E-state index contributed by atoms with van der Waals surface area (Å²) in [6, 6.07) is 165. The van der Waals surface area contributed by atoms with E-state index < -0.39 is 10.8 Å². The van der Waals surface area contributed by atoms with Gasteiger partial charge in [0.05, 0.1) is 27.6 Å². The van der Waals surface area contributed by atoms with Gasteiger partial charge in [0.2, 0.25) is 0 Å². The molecule has 3 nitrogen and oxygen atoms in total. The molecule has 142 heavy (non-hydrogen) atoms. The maximum absolute atomic E-state index is 2.84. The van der Waals surface area contributed by atoms with Crippen molar-refractivity contribution in [2.75, 3.05) is 22.9 Å². The normalized spacial score (nSPS) is 13.7. The highest BCUT2D eigenvalue weighted by molar-refractivity contribution is 7.00. The molecule has 0 unspecified atom stereocenters. The Balaban J connectivity index is 0.572. The third-order valence-electron chi connectivity index (χ3n) is 32.9. The van der Waals surface area contributed by atoms with E-state index in [9.17, 15) is 0 Å². The van der Waals surface area contributed by atoms with Crippen LogP contribution in [0.3, 0.4) is 0 Å².